The molecule has 0 saturated heterocycles. The lowest BCUT2D eigenvalue weighted by Crippen LogP contribution is -2.26. The second-order valence-corrected chi connectivity index (χ2v) is 5.75. The molecule has 0 aromatic heterocycles. The second kappa shape index (κ2) is 5.96. The molecule has 0 radical (unpaired) electrons. The molecule has 0 fully saturated rings. The van der Waals surface area contributed by atoms with Gasteiger partial charge in [0, 0.05) is 11.6 Å². The van der Waals surface area contributed by atoms with Crippen molar-refractivity contribution < 1.29 is 15.0 Å². The maximum Gasteiger partial charge on any atom is 0.279 e. The minimum absolute atomic E-state index is 0.277. The highest BCUT2D eigenvalue weighted by Crippen LogP contribution is 2.28. The molecular formula is C13H18N2O5. The molecule has 0 amide bonds. The van der Waals surface area contributed by atoms with Crippen LogP contribution in [0.4, 0.5) is 11.4 Å². The first-order chi connectivity index (χ1) is 9.12. The van der Waals surface area contributed by atoms with Gasteiger partial charge in [0.05, 0.1) is 22.0 Å². The zero-order chi connectivity index (χ0) is 15.5. The van der Waals surface area contributed by atoms with Crippen molar-refractivity contribution in [3.63, 3.8) is 0 Å². The van der Waals surface area contributed by atoms with E-state index in [9.17, 15) is 25.3 Å². The van der Waals surface area contributed by atoms with Gasteiger partial charge in [-0.1, -0.05) is 20.8 Å². The first-order valence-electron chi connectivity index (χ1n) is 6.22. The van der Waals surface area contributed by atoms with Crippen molar-refractivity contribution in [2.75, 3.05) is 0 Å². The third-order valence-corrected chi connectivity index (χ3v) is 3.16. The van der Waals surface area contributed by atoms with Gasteiger partial charge in [-0.2, -0.15) is 0 Å². The molecule has 0 heterocycles. The van der Waals surface area contributed by atoms with Crippen LogP contribution in [0.25, 0.3) is 0 Å². The third kappa shape index (κ3) is 3.99. The van der Waals surface area contributed by atoms with Crippen LogP contribution in [0.15, 0.2) is 18.2 Å². The molecule has 0 aliphatic carbocycles. The standard InChI is InChI=1S/C13H18N2O5/c1-13(2,3)12(16)7-5-9-4-6-10(14(17)18)8-11(9)15(19)20/h4,6,8,12,16H,5,7H2,1-3H3. The number of nitrogens with zero attached hydrogens (tertiary/aromatic N) is 2. The van der Waals surface area contributed by atoms with Crippen LogP contribution in [0, 0.1) is 25.6 Å². The normalized spacial score (nSPS) is 13.0. The molecule has 1 atom stereocenters. The summed E-state index contributed by atoms with van der Waals surface area (Å²) >= 11 is 0. The SMILES string of the molecule is CC(C)(C)C(O)CCc1ccc([N+](=O)[O-])cc1[N+](=O)[O-]. The van der Waals surface area contributed by atoms with Gasteiger partial charge in [0.15, 0.2) is 0 Å². The Balaban J connectivity index is 2.95. The summed E-state index contributed by atoms with van der Waals surface area (Å²) in [6.45, 7) is 5.63. The molecule has 0 aliphatic rings. The first-order valence-corrected chi connectivity index (χ1v) is 6.22. The van der Waals surface area contributed by atoms with Gasteiger partial charge < -0.3 is 5.11 Å². The number of rotatable bonds is 5. The van der Waals surface area contributed by atoms with E-state index in [2.05, 4.69) is 0 Å². The van der Waals surface area contributed by atoms with E-state index >= 15 is 0 Å². The van der Waals surface area contributed by atoms with Gasteiger partial charge in [0.1, 0.15) is 0 Å². The molecule has 1 aromatic rings. The largest absolute Gasteiger partial charge is 0.393 e. The van der Waals surface area contributed by atoms with Gasteiger partial charge in [-0.3, -0.25) is 20.2 Å². The molecule has 7 heteroatoms. The molecule has 0 bridgehead atoms. The van der Waals surface area contributed by atoms with Gasteiger partial charge >= 0.3 is 0 Å². The van der Waals surface area contributed by atoms with Crippen molar-refractivity contribution >= 4 is 11.4 Å². The Morgan fingerprint density at radius 1 is 1.20 bits per heavy atom. The van der Waals surface area contributed by atoms with Crippen LogP contribution in [0.2, 0.25) is 0 Å². The zero-order valence-corrected chi connectivity index (χ0v) is 11.7. The van der Waals surface area contributed by atoms with E-state index in [0.717, 1.165) is 6.07 Å². The molecule has 20 heavy (non-hydrogen) atoms. The number of nitro groups is 2. The van der Waals surface area contributed by atoms with E-state index in [1.807, 2.05) is 20.8 Å². The van der Waals surface area contributed by atoms with Crippen molar-refractivity contribution in [1.82, 2.24) is 0 Å². The fraction of sp³-hybridized carbons (Fsp3) is 0.538. The Hall–Kier alpha value is -2.02. The van der Waals surface area contributed by atoms with Crippen molar-refractivity contribution in [2.45, 2.75) is 39.7 Å². The quantitative estimate of drug-likeness (QED) is 0.660. The minimum Gasteiger partial charge on any atom is -0.393 e. The number of nitro benzene ring substituents is 2. The molecule has 1 N–H and O–H groups in total. The van der Waals surface area contributed by atoms with Crippen molar-refractivity contribution in [1.29, 1.82) is 0 Å². The minimum atomic E-state index is -0.666. The number of aliphatic hydroxyl groups is 1. The van der Waals surface area contributed by atoms with E-state index in [0.29, 0.717) is 18.4 Å². The van der Waals surface area contributed by atoms with Crippen molar-refractivity contribution in [3.05, 3.63) is 44.0 Å². The Bertz CT molecular complexity index is 522. The number of non-ortho nitro benzene ring substituents is 1. The lowest BCUT2D eigenvalue weighted by atomic mass is 9.85. The lowest BCUT2D eigenvalue weighted by molar-refractivity contribution is -0.394. The van der Waals surface area contributed by atoms with Crippen LogP contribution in [-0.2, 0) is 6.42 Å². The number of hydrogen-bond acceptors (Lipinski definition) is 5. The van der Waals surface area contributed by atoms with Gasteiger partial charge in [-0.15, -0.1) is 0 Å². The van der Waals surface area contributed by atoms with E-state index in [1.165, 1.54) is 12.1 Å². The van der Waals surface area contributed by atoms with E-state index < -0.39 is 16.0 Å². The smallest absolute Gasteiger partial charge is 0.279 e. The van der Waals surface area contributed by atoms with Crippen LogP contribution in [0.1, 0.15) is 32.8 Å². The Morgan fingerprint density at radius 2 is 1.80 bits per heavy atom. The maximum absolute atomic E-state index is 11.0. The summed E-state index contributed by atoms with van der Waals surface area (Å²) in [5.41, 5.74) is -0.503. The molecule has 0 spiro atoms. The Morgan fingerprint density at radius 3 is 2.25 bits per heavy atom. The highest BCUT2D eigenvalue weighted by Gasteiger charge is 2.24. The molecular weight excluding hydrogens is 264 g/mol. The topological polar surface area (TPSA) is 107 Å². The van der Waals surface area contributed by atoms with Crippen LogP contribution in [0.5, 0.6) is 0 Å². The summed E-state index contributed by atoms with van der Waals surface area (Å²) in [4.78, 5) is 20.3. The summed E-state index contributed by atoms with van der Waals surface area (Å²) in [7, 11) is 0. The average molecular weight is 282 g/mol. The van der Waals surface area contributed by atoms with Gasteiger partial charge in [-0.25, -0.2) is 0 Å². The summed E-state index contributed by atoms with van der Waals surface area (Å²) in [5.74, 6) is 0. The highest BCUT2D eigenvalue weighted by molar-refractivity contribution is 5.49. The summed E-state index contributed by atoms with van der Waals surface area (Å²) in [5, 5.41) is 31.5. The fourth-order valence-corrected chi connectivity index (χ4v) is 1.77. The van der Waals surface area contributed by atoms with E-state index in [4.69, 9.17) is 0 Å². The van der Waals surface area contributed by atoms with Gasteiger partial charge in [0.2, 0.25) is 0 Å². The van der Waals surface area contributed by atoms with Crippen LogP contribution < -0.4 is 0 Å². The number of hydrogen-bond donors (Lipinski definition) is 1. The van der Waals surface area contributed by atoms with Gasteiger partial charge in [0.25, 0.3) is 11.4 Å². The third-order valence-electron chi connectivity index (χ3n) is 3.16. The van der Waals surface area contributed by atoms with Crippen molar-refractivity contribution in [3.8, 4) is 0 Å². The first kappa shape index (κ1) is 16.0. The highest BCUT2D eigenvalue weighted by atomic mass is 16.6. The summed E-state index contributed by atoms with van der Waals surface area (Å²) < 4.78 is 0. The average Bonchev–Trinajstić information content (AvgIpc) is 2.34. The monoisotopic (exact) mass is 282 g/mol. The number of aliphatic hydroxyl groups excluding tert-OH is 1. The maximum atomic E-state index is 11.0. The molecule has 0 aliphatic heterocycles. The van der Waals surface area contributed by atoms with Crippen LogP contribution >= 0.6 is 0 Å². The summed E-state index contributed by atoms with van der Waals surface area (Å²) in [6, 6.07) is 3.58. The molecule has 1 aromatic carbocycles. The van der Waals surface area contributed by atoms with E-state index in [-0.39, 0.29) is 16.8 Å². The second-order valence-electron chi connectivity index (χ2n) is 5.75. The number of aryl methyl sites for hydroxylation is 1. The summed E-state index contributed by atoms with van der Waals surface area (Å²) in [6.07, 6.45) is 0.0619. The van der Waals surface area contributed by atoms with Crippen molar-refractivity contribution in [2.24, 2.45) is 5.41 Å². The molecule has 1 rings (SSSR count). The van der Waals surface area contributed by atoms with Gasteiger partial charge in [-0.05, 0) is 24.3 Å². The predicted molar refractivity (Wildman–Crippen MR) is 73.5 cm³/mol. The molecule has 110 valence electrons. The molecule has 1 unspecified atom stereocenters. The fourth-order valence-electron chi connectivity index (χ4n) is 1.77. The van der Waals surface area contributed by atoms with Crippen LogP contribution in [0.3, 0.4) is 0 Å². The Labute approximate surface area is 116 Å². The zero-order valence-electron chi connectivity index (χ0n) is 11.7. The lowest BCUT2D eigenvalue weighted by Gasteiger charge is -2.25. The van der Waals surface area contributed by atoms with Crippen LogP contribution in [-0.4, -0.2) is 21.1 Å². The molecule has 7 nitrogen and oxygen atoms in total. The molecule has 0 saturated carbocycles. The predicted octanol–water partition coefficient (Wildman–Crippen LogP) is 2.84. The number of benzene rings is 1. The Kier molecular flexibility index (Phi) is 4.78. The van der Waals surface area contributed by atoms with E-state index in [1.54, 1.807) is 0 Å².